The zero-order valence-electron chi connectivity index (χ0n) is 20.9. The number of carboxylic acid groups (broad SMARTS) is 2. The van der Waals surface area contributed by atoms with E-state index in [1.807, 2.05) is 0 Å². The van der Waals surface area contributed by atoms with Gasteiger partial charge in [0, 0.05) is 11.4 Å². The van der Waals surface area contributed by atoms with Crippen LogP contribution in [0.2, 0.25) is 0 Å². The van der Waals surface area contributed by atoms with E-state index >= 15 is 0 Å². The van der Waals surface area contributed by atoms with Gasteiger partial charge in [0.15, 0.2) is 0 Å². The van der Waals surface area contributed by atoms with Crippen LogP contribution >= 0.6 is 0 Å². The minimum absolute atomic E-state index is 0.0765. The van der Waals surface area contributed by atoms with Crippen molar-refractivity contribution in [2.24, 2.45) is 0 Å². The third kappa shape index (κ3) is 6.16. The second-order valence-corrected chi connectivity index (χ2v) is 8.71. The fourth-order valence-corrected chi connectivity index (χ4v) is 4.01. The van der Waals surface area contributed by atoms with Crippen molar-refractivity contribution in [3.05, 3.63) is 95.1 Å². The minimum Gasteiger partial charge on any atom is -0.478 e. The van der Waals surface area contributed by atoms with Crippen LogP contribution in [0.5, 0.6) is 23.0 Å². The maximum absolute atomic E-state index is 13.5. The van der Waals surface area contributed by atoms with Crippen LogP contribution in [0.3, 0.4) is 0 Å². The smallest absolute Gasteiger partial charge is 0.420 e. The van der Waals surface area contributed by atoms with Gasteiger partial charge in [0.05, 0.1) is 5.56 Å². The van der Waals surface area contributed by atoms with Crippen molar-refractivity contribution in [3.63, 3.8) is 0 Å². The summed E-state index contributed by atoms with van der Waals surface area (Å²) in [5.74, 6) is -5.68. The Labute approximate surface area is 232 Å². The minimum atomic E-state index is -4.93. The predicted molar refractivity (Wildman–Crippen MR) is 138 cm³/mol. The molecule has 0 spiro atoms. The third-order valence-electron chi connectivity index (χ3n) is 5.83. The van der Waals surface area contributed by atoms with Crippen LogP contribution in [-0.4, -0.2) is 22.2 Å². The molecule has 0 saturated carbocycles. The molecule has 4 aromatic rings. The van der Waals surface area contributed by atoms with Gasteiger partial charge in [-0.05, 0) is 71.8 Å². The summed E-state index contributed by atoms with van der Waals surface area (Å²) in [6.45, 7) is 0. The van der Waals surface area contributed by atoms with Crippen molar-refractivity contribution in [1.29, 1.82) is 0 Å². The average Bonchev–Trinajstić information content (AvgIpc) is 2.89. The molecule has 0 bridgehead atoms. The van der Waals surface area contributed by atoms with Gasteiger partial charge in [0.25, 0.3) is 0 Å². The molecular formula is C28H18F6N2O6. The Bertz CT molecular complexity index is 1680. The zero-order valence-corrected chi connectivity index (χ0v) is 20.9. The number of carbonyl (C=O) groups is 2. The molecule has 0 unspecified atom stereocenters. The Morgan fingerprint density at radius 1 is 0.595 bits per heavy atom. The van der Waals surface area contributed by atoms with Crippen LogP contribution in [0, 0.1) is 0 Å². The second-order valence-electron chi connectivity index (χ2n) is 8.71. The van der Waals surface area contributed by atoms with Crippen molar-refractivity contribution < 1.29 is 55.6 Å². The molecule has 0 amide bonds. The van der Waals surface area contributed by atoms with E-state index < -0.39 is 63.8 Å². The number of rotatable bonds is 7. The van der Waals surface area contributed by atoms with Crippen LogP contribution in [-0.2, 0) is 12.4 Å². The van der Waals surface area contributed by atoms with Gasteiger partial charge in [-0.25, -0.2) is 9.59 Å². The van der Waals surface area contributed by atoms with E-state index in [1.165, 1.54) is 30.3 Å². The van der Waals surface area contributed by atoms with Crippen LogP contribution in [0.4, 0.5) is 37.7 Å². The average molecular weight is 592 g/mol. The van der Waals surface area contributed by atoms with Gasteiger partial charge in [-0.15, -0.1) is 0 Å². The molecule has 4 aromatic carbocycles. The lowest BCUT2D eigenvalue weighted by atomic mass is 9.94. The van der Waals surface area contributed by atoms with E-state index in [2.05, 4.69) is 0 Å². The highest BCUT2D eigenvalue weighted by atomic mass is 19.4. The topological polar surface area (TPSA) is 145 Å². The van der Waals surface area contributed by atoms with E-state index in [9.17, 15) is 46.1 Å². The zero-order chi connectivity index (χ0) is 31.0. The molecule has 8 nitrogen and oxygen atoms in total. The first-order valence-corrected chi connectivity index (χ1v) is 11.6. The summed E-state index contributed by atoms with van der Waals surface area (Å²) in [5.41, 5.74) is 6.24. The van der Waals surface area contributed by atoms with Crippen LogP contribution in [0.15, 0.2) is 72.8 Å². The molecule has 0 aromatic heterocycles. The van der Waals surface area contributed by atoms with E-state index in [4.69, 9.17) is 20.9 Å². The van der Waals surface area contributed by atoms with Crippen LogP contribution in [0.1, 0.15) is 31.8 Å². The molecule has 42 heavy (non-hydrogen) atoms. The highest BCUT2D eigenvalue weighted by molar-refractivity contribution is 6.08. The number of nitrogen functional groups attached to an aromatic ring is 2. The molecule has 0 aliphatic heterocycles. The fourth-order valence-electron chi connectivity index (χ4n) is 4.01. The molecule has 0 aliphatic carbocycles. The van der Waals surface area contributed by atoms with E-state index in [-0.39, 0.29) is 28.3 Å². The number of ether oxygens (including phenoxy) is 2. The Morgan fingerprint density at radius 2 is 1.05 bits per heavy atom. The first-order chi connectivity index (χ1) is 19.6. The van der Waals surface area contributed by atoms with Gasteiger partial charge in [0.2, 0.25) is 0 Å². The molecule has 6 N–H and O–H groups in total. The maximum atomic E-state index is 13.5. The highest BCUT2D eigenvalue weighted by Crippen LogP contribution is 2.42. The van der Waals surface area contributed by atoms with Crippen molar-refractivity contribution in [2.45, 2.75) is 12.4 Å². The molecular weight excluding hydrogens is 574 g/mol. The van der Waals surface area contributed by atoms with Crippen molar-refractivity contribution in [2.75, 3.05) is 11.5 Å². The molecule has 0 aliphatic rings. The van der Waals surface area contributed by atoms with E-state index in [0.29, 0.717) is 12.1 Å². The molecule has 0 atom stereocenters. The number of hydrogen-bond donors (Lipinski definition) is 4. The number of aromatic carboxylic acids is 2. The van der Waals surface area contributed by atoms with Crippen molar-refractivity contribution in [1.82, 2.24) is 0 Å². The number of alkyl halides is 6. The first kappa shape index (κ1) is 29.6. The largest absolute Gasteiger partial charge is 0.478 e. The van der Waals surface area contributed by atoms with Crippen LogP contribution < -0.4 is 20.9 Å². The van der Waals surface area contributed by atoms with Gasteiger partial charge in [-0.1, -0.05) is 12.1 Å². The SMILES string of the molecule is Nc1ccc(Oc2ccc(-c3ccc(Oc4ccc(N)cc4C(F)(F)F)c(C(=O)O)c3C(=O)O)cc2)c(C(F)(F)F)c1. The Hall–Kier alpha value is -5.40. The number of halogens is 6. The molecule has 218 valence electrons. The lowest BCUT2D eigenvalue weighted by Crippen LogP contribution is -2.13. The summed E-state index contributed by atoms with van der Waals surface area (Å²) in [4.78, 5) is 24.4. The van der Waals surface area contributed by atoms with E-state index in [1.54, 1.807) is 0 Å². The van der Waals surface area contributed by atoms with Gasteiger partial charge < -0.3 is 31.2 Å². The number of nitrogens with two attached hydrogens (primary N) is 2. The number of anilines is 2. The Kier molecular flexibility index (Phi) is 7.66. The lowest BCUT2D eigenvalue weighted by molar-refractivity contribution is -0.139. The lowest BCUT2D eigenvalue weighted by Gasteiger charge is -2.18. The van der Waals surface area contributed by atoms with Crippen LogP contribution in [0.25, 0.3) is 11.1 Å². The normalized spacial score (nSPS) is 11.7. The summed E-state index contributed by atoms with van der Waals surface area (Å²) >= 11 is 0. The monoisotopic (exact) mass is 592 g/mol. The van der Waals surface area contributed by atoms with Gasteiger partial charge in [-0.3, -0.25) is 0 Å². The molecule has 14 heteroatoms. The standard InChI is InChI=1S/C28H18F6N2O6/c29-27(30,31)18-11-14(35)3-8-20(18)41-16-5-1-13(2-6-16)17-7-10-22(24(26(39)40)23(17)25(37)38)42-21-9-4-15(36)12-19(21)28(32,33)34/h1-12H,35-36H2,(H,37,38)(H,39,40). The number of carboxylic acids is 2. The molecule has 4 rings (SSSR count). The molecule has 0 heterocycles. The summed E-state index contributed by atoms with van der Waals surface area (Å²) in [5, 5.41) is 19.7. The first-order valence-electron chi connectivity index (χ1n) is 11.6. The Balaban J connectivity index is 1.75. The molecule has 0 radical (unpaired) electrons. The van der Waals surface area contributed by atoms with E-state index in [0.717, 1.165) is 30.3 Å². The quantitative estimate of drug-likeness (QED) is 0.127. The molecule has 0 fully saturated rings. The maximum Gasteiger partial charge on any atom is 0.420 e. The summed E-state index contributed by atoms with van der Waals surface area (Å²) in [6, 6.07) is 12.5. The predicted octanol–water partition coefficient (Wildman–Crippen LogP) is 7.54. The van der Waals surface area contributed by atoms with Gasteiger partial charge in [-0.2, -0.15) is 26.3 Å². The summed E-state index contributed by atoms with van der Waals surface area (Å²) < 4.78 is 91.4. The summed E-state index contributed by atoms with van der Waals surface area (Å²) in [6.07, 6.45) is -9.70. The van der Waals surface area contributed by atoms with Gasteiger partial charge >= 0.3 is 24.3 Å². The Morgan fingerprint density at radius 3 is 1.50 bits per heavy atom. The van der Waals surface area contributed by atoms with Crippen molar-refractivity contribution >= 4 is 23.3 Å². The third-order valence-corrected chi connectivity index (χ3v) is 5.83. The highest BCUT2D eigenvalue weighted by Gasteiger charge is 2.36. The fraction of sp³-hybridized carbons (Fsp3) is 0.0714. The second kappa shape index (κ2) is 10.9. The van der Waals surface area contributed by atoms with Gasteiger partial charge in [0.1, 0.15) is 39.7 Å². The number of benzene rings is 4. The number of hydrogen-bond acceptors (Lipinski definition) is 6. The van der Waals surface area contributed by atoms with Crippen molar-refractivity contribution in [3.8, 4) is 34.1 Å². The molecule has 0 saturated heterocycles. The summed E-state index contributed by atoms with van der Waals surface area (Å²) in [7, 11) is 0.